The van der Waals surface area contributed by atoms with Crippen LogP contribution in [0.15, 0.2) is 0 Å². The molecule has 0 aliphatic heterocycles. The minimum Gasteiger partial charge on any atom is -1.00 e. The van der Waals surface area contributed by atoms with Gasteiger partial charge >= 0.3 is 7.40 Å². The van der Waals surface area contributed by atoms with E-state index < -0.39 is 12.0 Å². The van der Waals surface area contributed by atoms with Crippen LogP contribution >= 0.6 is 0 Å². The standard InChI is InChI=1S/C5H12N2O2.ClH/c6-3-1-2-4(7)5(8)9;/h4H,1-3,6-7H2,(H,8,9);1H. The Labute approximate surface area is 67.5 Å². The van der Waals surface area contributed by atoms with Gasteiger partial charge < -0.3 is 29.0 Å². The Morgan fingerprint density at radius 1 is 1.70 bits per heavy atom. The molecule has 0 fully saturated rings. The van der Waals surface area contributed by atoms with Crippen molar-refractivity contribution in [3.05, 3.63) is 0 Å². The van der Waals surface area contributed by atoms with Gasteiger partial charge in [0.1, 0.15) is 6.04 Å². The van der Waals surface area contributed by atoms with Crippen molar-refractivity contribution in [3.8, 4) is 0 Å². The third-order valence-corrected chi connectivity index (χ3v) is 1.04. The highest BCUT2D eigenvalue weighted by molar-refractivity contribution is 5.72. The van der Waals surface area contributed by atoms with E-state index in [-0.39, 0.29) is 13.8 Å². The maximum Gasteiger partial charge on any atom is 1.00 e. The van der Waals surface area contributed by atoms with Gasteiger partial charge in [0.2, 0.25) is 0 Å². The summed E-state index contributed by atoms with van der Waals surface area (Å²) in [5, 5.41) is 8.24. The summed E-state index contributed by atoms with van der Waals surface area (Å²) in [7, 11) is 0. The van der Waals surface area contributed by atoms with E-state index in [0.29, 0.717) is 19.4 Å². The highest BCUT2D eigenvalue weighted by Gasteiger charge is 2.08. The van der Waals surface area contributed by atoms with Gasteiger partial charge in [-0.15, -0.1) is 0 Å². The largest absolute Gasteiger partial charge is 1.00 e. The number of aliphatic carboxylic acids is 1. The minimum absolute atomic E-state index is 0. The molecule has 0 heterocycles. The summed E-state index contributed by atoms with van der Waals surface area (Å²) in [6.07, 6.45) is 1.14. The Bertz CT molecular complexity index is 104. The lowest BCUT2D eigenvalue weighted by Crippen LogP contribution is -3.00. The maximum absolute atomic E-state index is 10.0. The van der Waals surface area contributed by atoms with Crippen molar-refractivity contribution >= 4 is 5.97 Å². The normalized spacial score (nSPS) is 11.8. The van der Waals surface area contributed by atoms with Crippen LogP contribution in [0.3, 0.4) is 0 Å². The summed E-state index contributed by atoms with van der Waals surface area (Å²) in [5.74, 6) is -0.955. The van der Waals surface area contributed by atoms with Crippen molar-refractivity contribution in [2.24, 2.45) is 11.5 Å². The lowest BCUT2D eigenvalue weighted by Gasteiger charge is -2.02. The molecule has 4 nitrogen and oxygen atoms in total. The van der Waals surface area contributed by atoms with Crippen LogP contribution in [-0.2, 0) is 4.79 Å². The molecule has 0 aromatic rings. The Hall–Kier alpha value is -0.320. The molecule has 0 rings (SSSR count). The monoisotopic (exact) mass is 168 g/mol. The first kappa shape index (κ1) is 12.4. The van der Waals surface area contributed by atoms with Gasteiger partial charge in [0.15, 0.2) is 0 Å². The Morgan fingerprint density at radius 3 is 2.50 bits per heavy atom. The predicted octanol–water partition coefficient (Wildman–Crippen LogP) is -3.75. The van der Waals surface area contributed by atoms with Gasteiger partial charge in [0, 0.05) is 0 Å². The summed E-state index contributed by atoms with van der Waals surface area (Å²) >= 11 is 0. The van der Waals surface area contributed by atoms with Gasteiger partial charge in [0.05, 0.1) is 0 Å². The smallest absolute Gasteiger partial charge is 1.00 e. The number of carbonyl (C=O) groups is 1. The average molecular weight is 169 g/mol. The number of carboxylic acid groups (broad SMARTS) is 1. The third kappa shape index (κ3) is 5.81. The highest BCUT2D eigenvalue weighted by Crippen LogP contribution is 1.91. The SMILES string of the molecule is NCCCC(N)C(=O)O.[Cl-].[H+]. The second kappa shape index (κ2) is 6.80. The molecule has 0 aliphatic carbocycles. The molecule has 5 N–H and O–H groups in total. The molecule has 0 bridgehead atoms. The molecular weight excluding hydrogens is 156 g/mol. The average Bonchev–Trinajstić information content (AvgIpc) is 1.82. The van der Waals surface area contributed by atoms with Crippen LogP contribution < -0.4 is 23.9 Å². The van der Waals surface area contributed by atoms with E-state index in [1.54, 1.807) is 0 Å². The first-order valence-electron chi connectivity index (χ1n) is 2.87. The second-order valence-corrected chi connectivity index (χ2v) is 1.88. The molecule has 0 saturated heterocycles. The van der Waals surface area contributed by atoms with Gasteiger partial charge in [-0.05, 0) is 19.4 Å². The molecule has 62 valence electrons. The predicted molar refractivity (Wildman–Crippen MR) is 35.0 cm³/mol. The fourth-order valence-corrected chi connectivity index (χ4v) is 0.461. The van der Waals surface area contributed by atoms with Crippen molar-refractivity contribution in [2.45, 2.75) is 18.9 Å². The number of hydrogen-bond acceptors (Lipinski definition) is 3. The molecule has 0 saturated carbocycles. The lowest BCUT2D eigenvalue weighted by molar-refractivity contribution is -0.138. The molecule has 0 amide bonds. The van der Waals surface area contributed by atoms with Crippen molar-refractivity contribution < 1.29 is 23.7 Å². The van der Waals surface area contributed by atoms with E-state index in [1.165, 1.54) is 0 Å². The van der Waals surface area contributed by atoms with Gasteiger partial charge in [0.25, 0.3) is 0 Å². The quantitative estimate of drug-likeness (QED) is 0.403. The fourth-order valence-electron chi connectivity index (χ4n) is 0.461. The van der Waals surface area contributed by atoms with Gasteiger partial charge in [-0.2, -0.15) is 0 Å². The number of carboxylic acids is 1. The number of rotatable bonds is 4. The molecule has 0 aliphatic rings. The molecule has 0 spiro atoms. The highest BCUT2D eigenvalue weighted by atomic mass is 35.5. The minimum atomic E-state index is -0.955. The number of hydrogen-bond donors (Lipinski definition) is 3. The van der Waals surface area contributed by atoms with Gasteiger partial charge in [-0.3, -0.25) is 4.79 Å². The van der Waals surface area contributed by atoms with E-state index in [4.69, 9.17) is 16.6 Å². The first-order chi connectivity index (χ1) is 4.18. The van der Waals surface area contributed by atoms with Crippen LogP contribution in [0.25, 0.3) is 0 Å². The topological polar surface area (TPSA) is 89.3 Å². The summed E-state index contributed by atoms with van der Waals surface area (Å²) in [6, 6.07) is -0.742. The van der Waals surface area contributed by atoms with Gasteiger partial charge in [-0.1, -0.05) is 0 Å². The fraction of sp³-hybridized carbons (Fsp3) is 0.800. The van der Waals surface area contributed by atoms with Crippen molar-refractivity contribution in [3.63, 3.8) is 0 Å². The summed E-state index contributed by atoms with van der Waals surface area (Å²) in [4.78, 5) is 10.0. The van der Waals surface area contributed by atoms with Crippen LogP contribution in [0.2, 0.25) is 0 Å². The van der Waals surface area contributed by atoms with Crippen LogP contribution in [0, 0.1) is 0 Å². The van der Waals surface area contributed by atoms with Crippen molar-refractivity contribution in [1.29, 1.82) is 0 Å². The van der Waals surface area contributed by atoms with Crippen LogP contribution in [0.4, 0.5) is 0 Å². The number of halogens is 1. The van der Waals surface area contributed by atoms with Crippen LogP contribution in [0.5, 0.6) is 0 Å². The summed E-state index contributed by atoms with van der Waals surface area (Å²) < 4.78 is 0. The zero-order valence-corrected chi connectivity index (χ0v) is 6.34. The molecule has 1 atom stereocenters. The number of nitrogens with two attached hydrogens (primary N) is 2. The Kier molecular flexibility index (Phi) is 8.40. The zero-order valence-electron chi connectivity index (χ0n) is 6.59. The van der Waals surface area contributed by atoms with Crippen LogP contribution in [-0.4, -0.2) is 23.7 Å². The van der Waals surface area contributed by atoms with Crippen molar-refractivity contribution in [1.82, 2.24) is 0 Å². The molecule has 5 heteroatoms. The van der Waals surface area contributed by atoms with E-state index in [2.05, 4.69) is 0 Å². The lowest BCUT2D eigenvalue weighted by atomic mass is 10.2. The molecule has 0 aromatic carbocycles. The Morgan fingerprint density at radius 2 is 2.20 bits per heavy atom. The van der Waals surface area contributed by atoms with Gasteiger partial charge in [-0.25, -0.2) is 0 Å². The van der Waals surface area contributed by atoms with Crippen molar-refractivity contribution in [2.75, 3.05) is 6.54 Å². The molecule has 0 aromatic heterocycles. The second-order valence-electron chi connectivity index (χ2n) is 1.88. The Balaban J connectivity index is -0.000000320. The molecule has 1 unspecified atom stereocenters. The van der Waals surface area contributed by atoms with E-state index in [9.17, 15) is 4.79 Å². The maximum atomic E-state index is 10.0. The molecule has 0 radical (unpaired) electrons. The summed E-state index contributed by atoms with van der Waals surface area (Å²) in [5.41, 5.74) is 10.3. The molecular formula is C5H13ClN2O2. The van der Waals surface area contributed by atoms with E-state index in [0.717, 1.165) is 0 Å². The van der Waals surface area contributed by atoms with Crippen LogP contribution in [0.1, 0.15) is 14.3 Å². The van der Waals surface area contributed by atoms with E-state index in [1.807, 2.05) is 0 Å². The zero-order chi connectivity index (χ0) is 7.28. The summed E-state index contributed by atoms with van der Waals surface area (Å²) in [6.45, 7) is 0.501. The third-order valence-electron chi connectivity index (χ3n) is 1.04. The van der Waals surface area contributed by atoms with E-state index >= 15 is 0 Å². The molecule has 10 heavy (non-hydrogen) atoms. The first-order valence-corrected chi connectivity index (χ1v) is 2.87.